The van der Waals surface area contributed by atoms with Crippen LogP contribution in [0.4, 0.5) is 4.39 Å². The molecule has 1 heteroatoms. The van der Waals surface area contributed by atoms with E-state index in [4.69, 9.17) is 0 Å². The van der Waals surface area contributed by atoms with Crippen molar-refractivity contribution < 1.29 is 4.39 Å². The number of hydrogen-bond acceptors (Lipinski definition) is 0. The molecule has 0 spiro atoms. The quantitative estimate of drug-likeness (QED) is 0.447. The summed E-state index contributed by atoms with van der Waals surface area (Å²) in [6, 6.07) is 0. The summed E-state index contributed by atoms with van der Waals surface area (Å²) in [6.07, 6.45) is 9.96. The zero-order chi connectivity index (χ0) is 10.9. The molecule has 14 heavy (non-hydrogen) atoms. The third-order valence-corrected chi connectivity index (χ3v) is 2.82. The highest BCUT2D eigenvalue weighted by Crippen LogP contribution is 2.24. The van der Waals surface area contributed by atoms with E-state index in [0.717, 1.165) is 25.7 Å². The Balaban J connectivity index is 3.26. The van der Waals surface area contributed by atoms with Gasteiger partial charge >= 0.3 is 0 Å². The van der Waals surface area contributed by atoms with Gasteiger partial charge in [0.1, 0.15) is 5.67 Å². The van der Waals surface area contributed by atoms with E-state index in [1.807, 2.05) is 0 Å². The Morgan fingerprint density at radius 1 is 0.786 bits per heavy atom. The first-order valence-electron chi connectivity index (χ1n) is 6.31. The maximum atomic E-state index is 13.7. The zero-order valence-electron chi connectivity index (χ0n) is 10.2. The molecule has 0 N–H and O–H groups in total. The van der Waals surface area contributed by atoms with Gasteiger partial charge in [-0.2, -0.15) is 0 Å². The highest BCUT2D eigenvalue weighted by atomic mass is 19.1. The molecule has 0 saturated heterocycles. The third-order valence-electron chi connectivity index (χ3n) is 2.82. The standard InChI is InChI=1S/C13H27F/c1-4-6-7-8-9-10-12-13(3,14)11-5-2/h4-12H2,1-3H3. The van der Waals surface area contributed by atoms with Gasteiger partial charge in [0.25, 0.3) is 0 Å². The number of rotatable bonds is 9. The fourth-order valence-electron chi connectivity index (χ4n) is 1.92. The first-order chi connectivity index (χ1) is 6.62. The first kappa shape index (κ1) is 13.9. The van der Waals surface area contributed by atoms with Gasteiger partial charge in [-0.25, -0.2) is 4.39 Å². The van der Waals surface area contributed by atoms with Gasteiger partial charge in [-0.3, -0.25) is 0 Å². The van der Waals surface area contributed by atoms with Gasteiger partial charge in [0, 0.05) is 0 Å². The van der Waals surface area contributed by atoms with Crippen LogP contribution >= 0.6 is 0 Å². The van der Waals surface area contributed by atoms with E-state index in [0.29, 0.717) is 0 Å². The number of alkyl halides is 1. The van der Waals surface area contributed by atoms with Crippen LogP contribution in [0.15, 0.2) is 0 Å². The van der Waals surface area contributed by atoms with E-state index in [1.54, 1.807) is 6.92 Å². The summed E-state index contributed by atoms with van der Waals surface area (Å²) in [5.74, 6) is 0. The second-order valence-electron chi connectivity index (χ2n) is 4.68. The predicted octanol–water partition coefficient (Wildman–Crippen LogP) is 5.27. The van der Waals surface area contributed by atoms with Crippen LogP contribution in [0.25, 0.3) is 0 Å². The van der Waals surface area contributed by atoms with Crippen molar-refractivity contribution in [2.45, 2.75) is 84.2 Å². The van der Waals surface area contributed by atoms with Crippen molar-refractivity contribution in [3.63, 3.8) is 0 Å². The van der Waals surface area contributed by atoms with Crippen molar-refractivity contribution in [2.24, 2.45) is 0 Å². The molecule has 0 aromatic rings. The Morgan fingerprint density at radius 3 is 1.93 bits per heavy atom. The molecule has 0 saturated carbocycles. The molecule has 0 aliphatic heterocycles. The summed E-state index contributed by atoms with van der Waals surface area (Å²) in [5.41, 5.74) is -0.903. The van der Waals surface area contributed by atoms with Gasteiger partial charge in [-0.1, -0.05) is 58.8 Å². The molecule has 0 radical (unpaired) electrons. The van der Waals surface area contributed by atoms with Gasteiger partial charge in [0.05, 0.1) is 0 Å². The molecular formula is C13H27F. The maximum absolute atomic E-state index is 13.7. The lowest BCUT2D eigenvalue weighted by Gasteiger charge is -2.19. The molecule has 1 unspecified atom stereocenters. The molecule has 0 aromatic heterocycles. The van der Waals surface area contributed by atoms with Crippen LogP contribution < -0.4 is 0 Å². The fourth-order valence-corrected chi connectivity index (χ4v) is 1.92. The predicted molar refractivity (Wildman–Crippen MR) is 62.4 cm³/mol. The van der Waals surface area contributed by atoms with Crippen molar-refractivity contribution >= 4 is 0 Å². The first-order valence-corrected chi connectivity index (χ1v) is 6.31. The van der Waals surface area contributed by atoms with Crippen LogP contribution in [-0.4, -0.2) is 5.67 Å². The Bertz CT molecular complexity index is 118. The summed E-state index contributed by atoms with van der Waals surface area (Å²) in [6.45, 7) is 6.03. The van der Waals surface area contributed by atoms with Crippen molar-refractivity contribution in [3.8, 4) is 0 Å². The molecule has 0 aliphatic carbocycles. The van der Waals surface area contributed by atoms with Gasteiger partial charge < -0.3 is 0 Å². The molecule has 0 amide bonds. The topological polar surface area (TPSA) is 0 Å². The lowest BCUT2D eigenvalue weighted by atomic mass is 9.95. The van der Waals surface area contributed by atoms with E-state index >= 15 is 0 Å². The Hall–Kier alpha value is -0.0700. The largest absolute Gasteiger partial charge is 0.244 e. The summed E-state index contributed by atoms with van der Waals surface area (Å²) in [4.78, 5) is 0. The van der Waals surface area contributed by atoms with E-state index < -0.39 is 5.67 Å². The summed E-state index contributed by atoms with van der Waals surface area (Å²) >= 11 is 0. The van der Waals surface area contributed by atoms with Crippen LogP contribution in [0, 0.1) is 0 Å². The lowest BCUT2D eigenvalue weighted by Crippen LogP contribution is -2.16. The lowest BCUT2D eigenvalue weighted by molar-refractivity contribution is 0.155. The minimum Gasteiger partial charge on any atom is -0.244 e. The van der Waals surface area contributed by atoms with Gasteiger partial charge in [-0.15, -0.1) is 0 Å². The van der Waals surface area contributed by atoms with Crippen molar-refractivity contribution in [1.29, 1.82) is 0 Å². The summed E-state index contributed by atoms with van der Waals surface area (Å²) in [7, 11) is 0. The molecule has 0 aromatic carbocycles. The highest BCUT2D eigenvalue weighted by molar-refractivity contribution is 4.71. The number of unbranched alkanes of at least 4 members (excludes halogenated alkanes) is 5. The van der Waals surface area contributed by atoms with Crippen molar-refractivity contribution in [3.05, 3.63) is 0 Å². The molecule has 86 valence electrons. The van der Waals surface area contributed by atoms with Crippen LogP contribution in [-0.2, 0) is 0 Å². The van der Waals surface area contributed by atoms with Gasteiger partial charge in [0.2, 0.25) is 0 Å². The molecule has 0 bridgehead atoms. The molecule has 0 fully saturated rings. The van der Waals surface area contributed by atoms with Crippen molar-refractivity contribution in [1.82, 2.24) is 0 Å². The highest BCUT2D eigenvalue weighted by Gasteiger charge is 2.20. The maximum Gasteiger partial charge on any atom is 0.108 e. The minimum absolute atomic E-state index is 0.724. The molecular weight excluding hydrogens is 175 g/mol. The summed E-state index contributed by atoms with van der Waals surface area (Å²) < 4.78 is 13.7. The SMILES string of the molecule is CCCCCCCCC(C)(F)CCC. The van der Waals surface area contributed by atoms with Crippen LogP contribution in [0.5, 0.6) is 0 Å². The summed E-state index contributed by atoms with van der Waals surface area (Å²) in [5, 5.41) is 0. The second kappa shape index (κ2) is 8.26. The van der Waals surface area contributed by atoms with E-state index in [1.165, 1.54) is 32.1 Å². The number of halogens is 1. The van der Waals surface area contributed by atoms with Crippen LogP contribution in [0.1, 0.15) is 78.6 Å². The van der Waals surface area contributed by atoms with E-state index in [9.17, 15) is 4.39 Å². The second-order valence-corrected chi connectivity index (χ2v) is 4.68. The van der Waals surface area contributed by atoms with Crippen molar-refractivity contribution in [2.75, 3.05) is 0 Å². The van der Waals surface area contributed by atoms with E-state index in [2.05, 4.69) is 13.8 Å². The number of hydrogen-bond donors (Lipinski definition) is 0. The Labute approximate surface area is 89.3 Å². The average Bonchev–Trinajstić information content (AvgIpc) is 2.11. The normalized spacial score (nSPS) is 15.4. The zero-order valence-corrected chi connectivity index (χ0v) is 10.2. The van der Waals surface area contributed by atoms with Crippen LogP contribution in [0.3, 0.4) is 0 Å². The monoisotopic (exact) mass is 202 g/mol. The molecule has 1 atom stereocenters. The van der Waals surface area contributed by atoms with Gasteiger partial charge in [0.15, 0.2) is 0 Å². The Kier molecular flexibility index (Phi) is 8.21. The fraction of sp³-hybridized carbons (Fsp3) is 1.00. The molecule has 0 rings (SSSR count). The molecule has 0 heterocycles. The van der Waals surface area contributed by atoms with E-state index in [-0.39, 0.29) is 0 Å². The third kappa shape index (κ3) is 8.52. The smallest absolute Gasteiger partial charge is 0.108 e. The minimum atomic E-state index is -0.903. The average molecular weight is 202 g/mol. The van der Waals surface area contributed by atoms with Crippen LogP contribution in [0.2, 0.25) is 0 Å². The molecule has 0 aliphatic rings. The molecule has 0 nitrogen and oxygen atoms in total. The Morgan fingerprint density at radius 2 is 1.36 bits per heavy atom. The van der Waals surface area contributed by atoms with Gasteiger partial charge in [-0.05, 0) is 19.8 Å².